The Morgan fingerprint density at radius 3 is 2.88 bits per heavy atom. The number of carbonyl (C=O) groups is 2. The van der Waals surface area contributed by atoms with E-state index in [0.717, 1.165) is 29.7 Å². The second-order valence-corrected chi connectivity index (χ2v) is 6.62. The van der Waals surface area contributed by atoms with Crippen molar-refractivity contribution in [1.82, 2.24) is 15.3 Å². The van der Waals surface area contributed by atoms with Crippen LogP contribution in [0.5, 0.6) is 0 Å². The number of carbonyl (C=O) groups excluding carboxylic acids is 1. The van der Waals surface area contributed by atoms with Gasteiger partial charge in [-0.15, -0.1) is 0 Å². The summed E-state index contributed by atoms with van der Waals surface area (Å²) >= 11 is 0. The van der Waals surface area contributed by atoms with E-state index < -0.39 is 11.6 Å². The van der Waals surface area contributed by atoms with E-state index in [1.54, 1.807) is 12.4 Å². The summed E-state index contributed by atoms with van der Waals surface area (Å²) in [6.45, 7) is 1.24. The minimum Gasteiger partial charge on any atom is -0.481 e. The number of β-amino-alcohol motifs (C(OH)–C–C–N with tert-alkyl or cyclic N) is 1. The Labute approximate surface area is 150 Å². The maximum Gasteiger partial charge on any atom is 0.303 e. The lowest BCUT2D eigenvalue weighted by Crippen LogP contribution is -2.54. The first kappa shape index (κ1) is 18.1. The van der Waals surface area contributed by atoms with E-state index in [-0.39, 0.29) is 25.3 Å². The van der Waals surface area contributed by atoms with E-state index in [2.05, 4.69) is 20.2 Å². The highest BCUT2D eigenvalue weighted by Crippen LogP contribution is 2.29. The Bertz CT molecular complexity index is 807. The molecule has 3 N–H and O–H groups in total. The normalized spacial score (nSPS) is 20.1. The van der Waals surface area contributed by atoms with Crippen molar-refractivity contribution in [2.45, 2.75) is 31.3 Å². The van der Waals surface area contributed by atoms with Crippen molar-refractivity contribution in [3.8, 4) is 0 Å². The third kappa shape index (κ3) is 4.26. The molecule has 0 saturated carbocycles. The predicted molar refractivity (Wildman–Crippen MR) is 95.8 cm³/mol. The number of hydrogen-bond acceptors (Lipinski definition) is 6. The quantitative estimate of drug-likeness (QED) is 0.704. The number of nitrogens with zero attached hydrogens (tertiary/aromatic N) is 3. The van der Waals surface area contributed by atoms with Gasteiger partial charge in [0.1, 0.15) is 5.52 Å². The van der Waals surface area contributed by atoms with Crippen molar-refractivity contribution in [2.75, 3.05) is 24.5 Å². The van der Waals surface area contributed by atoms with Gasteiger partial charge < -0.3 is 20.4 Å². The van der Waals surface area contributed by atoms with E-state index in [0.29, 0.717) is 13.0 Å². The van der Waals surface area contributed by atoms with Crippen LogP contribution in [0.25, 0.3) is 11.0 Å². The summed E-state index contributed by atoms with van der Waals surface area (Å²) in [5.74, 6) is -1.38. The van der Waals surface area contributed by atoms with Crippen molar-refractivity contribution >= 4 is 28.6 Å². The zero-order valence-electron chi connectivity index (χ0n) is 14.4. The maximum absolute atomic E-state index is 11.7. The van der Waals surface area contributed by atoms with E-state index in [1.807, 2.05) is 18.2 Å². The number of pyridine rings is 2. The molecule has 2 aromatic rings. The molecular formula is C18H22N4O4. The molecular weight excluding hydrogens is 336 g/mol. The van der Waals surface area contributed by atoms with Gasteiger partial charge in [-0.25, -0.2) is 0 Å². The number of carboxylic acids is 1. The van der Waals surface area contributed by atoms with E-state index in [4.69, 9.17) is 5.11 Å². The molecule has 1 saturated heterocycles. The summed E-state index contributed by atoms with van der Waals surface area (Å²) in [6.07, 6.45) is 4.48. The number of rotatable bonds is 6. The number of carboxylic acid groups (broad SMARTS) is 1. The average Bonchev–Trinajstić information content (AvgIpc) is 2.64. The van der Waals surface area contributed by atoms with Crippen LogP contribution in [-0.4, -0.2) is 57.3 Å². The van der Waals surface area contributed by atoms with Gasteiger partial charge in [0.25, 0.3) is 0 Å². The summed E-state index contributed by atoms with van der Waals surface area (Å²) < 4.78 is 0. The number of hydrogen-bond donors (Lipinski definition) is 3. The van der Waals surface area contributed by atoms with Crippen molar-refractivity contribution in [3.63, 3.8) is 0 Å². The van der Waals surface area contributed by atoms with Crippen molar-refractivity contribution < 1.29 is 19.8 Å². The van der Waals surface area contributed by atoms with Gasteiger partial charge in [-0.3, -0.25) is 19.6 Å². The van der Waals surface area contributed by atoms with Gasteiger partial charge >= 0.3 is 5.97 Å². The number of fused-ring (bicyclic) bond motifs is 1. The number of anilines is 1. The van der Waals surface area contributed by atoms with Crippen LogP contribution in [0.1, 0.15) is 25.7 Å². The van der Waals surface area contributed by atoms with Crippen molar-refractivity contribution in [2.24, 2.45) is 0 Å². The number of nitrogens with one attached hydrogen (secondary N) is 1. The fourth-order valence-corrected chi connectivity index (χ4v) is 3.25. The first-order valence-electron chi connectivity index (χ1n) is 8.62. The monoisotopic (exact) mass is 358 g/mol. The zero-order chi connectivity index (χ0) is 18.6. The molecule has 3 rings (SSSR count). The fourth-order valence-electron chi connectivity index (χ4n) is 3.25. The topological polar surface area (TPSA) is 116 Å². The SMILES string of the molecule is O=C(O)CCC(=O)NC[C@@]1(O)CCCN(c2ccnc3cccnc23)C1. The van der Waals surface area contributed by atoms with E-state index >= 15 is 0 Å². The van der Waals surface area contributed by atoms with Crippen LogP contribution in [0.15, 0.2) is 30.6 Å². The lowest BCUT2D eigenvalue weighted by molar-refractivity contribution is -0.139. The number of aliphatic carboxylic acids is 1. The second-order valence-electron chi connectivity index (χ2n) is 6.62. The lowest BCUT2D eigenvalue weighted by Gasteiger charge is -2.40. The molecule has 0 aromatic carbocycles. The Hall–Kier alpha value is -2.74. The summed E-state index contributed by atoms with van der Waals surface area (Å²) in [5.41, 5.74) is 1.42. The summed E-state index contributed by atoms with van der Waals surface area (Å²) in [4.78, 5) is 33.1. The molecule has 3 heterocycles. The number of amides is 1. The standard InChI is InChI=1S/C18H22N4O4/c23-15(4-5-16(24)25)21-11-18(26)7-2-10-22(12-18)14-6-9-19-13-3-1-8-20-17(13)14/h1,3,6,8-9,26H,2,4-5,7,10-12H2,(H,21,23)(H,24,25)/t18-/m0/s1. The van der Waals surface area contributed by atoms with Crippen LogP contribution < -0.4 is 10.2 Å². The highest BCUT2D eigenvalue weighted by atomic mass is 16.4. The molecule has 1 atom stereocenters. The van der Waals surface area contributed by atoms with E-state index in [1.165, 1.54) is 0 Å². The average molecular weight is 358 g/mol. The van der Waals surface area contributed by atoms with Gasteiger partial charge in [-0.05, 0) is 31.0 Å². The molecule has 0 radical (unpaired) electrons. The molecule has 0 unspecified atom stereocenters. The molecule has 1 fully saturated rings. The Balaban J connectivity index is 1.68. The lowest BCUT2D eigenvalue weighted by atomic mass is 9.92. The fraction of sp³-hybridized carbons (Fsp3) is 0.444. The summed E-state index contributed by atoms with van der Waals surface area (Å²) in [7, 11) is 0. The van der Waals surface area contributed by atoms with Gasteiger partial charge in [0.15, 0.2) is 0 Å². The molecule has 26 heavy (non-hydrogen) atoms. The number of aromatic nitrogens is 2. The predicted octanol–water partition coefficient (Wildman–Crippen LogP) is 0.942. The number of piperidine rings is 1. The van der Waals surface area contributed by atoms with Gasteiger partial charge in [-0.2, -0.15) is 0 Å². The van der Waals surface area contributed by atoms with Crippen LogP contribution in [0.2, 0.25) is 0 Å². The zero-order valence-corrected chi connectivity index (χ0v) is 14.4. The van der Waals surface area contributed by atoms with Gasteiger partial charge in [0.05, 0.1) is 23.2 Å². The highest BCUT2D eigenvalue weighted by molar-refractivity contribution is 5.87. The molecule has 0 aliphatic carbocycles. The molecule has 8 heteroatoms. The minimum atomic E-state index is -1.07. The van der Waals surface area contributed by atoms with E-state index in [9.17, 15) is 14.7 Å². The second kappa shape index (κ2) is 7.65. The van der Waals surface area contributed by atoms with Crippen LogP contribution >= 0.6 is 0 Å². The van der Waals surface area contributed by atoms with Crippen molar-refractivity contribution in [3.05, 3.63) is 30.6 Å². The van der Waals surface area contributed by atoms with Crippen LogP contribution in [-0.2, 0) is 9.59 Å². The highest BCUT2D eigenvalue weighted by Gasteiger charge is 2.34. The molecule has 0 spiro atoms. The van der Waals surface area contributed by atoms with Gasteiger partial charge in [0, 0.05) is 38.4 Å². The third-order valence-electron chi connectivity index (χ3n) is 4.55. The van der Waals surface area contributed by atoms with Gasteiger partial charge in [0.2, 0.25) is 5.91 Å². The first-order valence-corrected chi connectivity index (χ1v) is 8.62. The smallest absolute Gasteiger partial charge is 0.303 e. The Morgan fingerprint density at radius 1 is 1.23 bits per heavy atom. The largest absolute Gasteiger partial charge is 0.481 e. The Kier molecular flexibility index (Phi) is 5.32. The summed E-state index contributed by atoms with van der Waals surface area (Å²) in [6, 6.07) is 5.61. The molecule has 1 amide bonds. The first-order chi connectivity index (χ1) is 12.5. The van der Waals surface area contributed by atoms with Gasteiger partial charge in [-0.1, -0.05) is 0 Å². The molecule has 0 bridgehead atoms. The minimum absolute atomic E-state index is 0.0892. The Morgan fingerprint density at radius 2 is 2.08 bits per heavy atom. The summed E-state index contributed by atoms with van der Waals surface area (Å²) in [5, 5.41) is 22.2. The molecule has 1 aliphatic rings. The van der Waals surface area contributed by atoms with Crippen LogP contribution in [0, 0.1) is 0 Å². The number of aliphatic hydroxyl groups is 1. The maximum atomic E-state index is 11.7. The molecule has 138 valence electrons. The van der Waals surface area contributed by atoms with Crippen LogP contribution in [0.3, 0.4) is 0 Å². The van der Waals surface area contributed by atoms with Crippen molar-refractivity contribution in [1.29, 1.82) is 0 Å². The molecule has 2 aromatic heterocycles. The molecule has 1 aliphatic heterocycles. The third-order valence-corrected chi connectivity index (χ3v) is 4.55. The van der Waals surface area contributed by atoms with Crippen LogP contribution in [0.4, 0.5) is 5.69 Å². The molecule has 8 nitrogen and oxygen atoms in total.